The number of esters is 1. The van der Waals surface area contributed by atoms with Crippen molar-refractivity contribution in [2.45, 2.75) is 46.1 Å². The van der Waals surface area contributed by atoms with Crippen molar-refractivity contribution in [2.24, 2.45) is 5.92 Å². The standard InChI is InChI=1S/C11H23NO2/c1-5-9(2)10(3)12-8-6-7-11(13)14-4/h9-10,12H,5-8H2,1-4H3/t9-,10-/m1/s1. The monoisotopic (exact) mass is 201 g/mol. The van der Waals surface area contributed by atoms with E-state index in [4.69, 9.17) is 0 Å². The van der Waals surface area contributed by atoms with Crippen LogP contribution in [0.25, 0.3) is 0 Å². The Balaban J connectivity index is 3.40. The van der Waals surface area contributed by atoms with Crippen LogP contribution in [0.4, 0.5) is 0 Å². The first kappa shape index (κ1) is 13.4. The molecule has 0 aromatic carbocycles. The summed E-state index contributed by atoms with van der Waals surface area (Å²) in [6, 6.07) is 0.526. The van der Waals surface area contributed by atoms with Crippen LogP contribution in [0.2, 0.25) is 0 Å². The summed E-state index contributed by atoms with van der Waals surface area (Å²) < 4.78 is 4.56. The third-order valence-corrected chi connectivity index (χ3v) is 2.75. The summed E-state index contributed by atoms with van der Waals surface area (Å²) in [4.78, 5) is 10.8. The molecule has 3 nitrogen and oxygen atoms in total. The summed E-state index contributed by atoms with van der Waals surface area (Å²) in [7, 11) is 1.43. The summed E-state index contributed by atoms with van der Waals surface area (Å²) in [6.45, 7) is 7.50. The lowest BCUT2D eigenvalue weighted by atomic mass is 10.0. The van der Waals surface area contributed by atoms with Crippen molar-refractivity contribution in [2.75, 3.05) is 13.7 Å². The highest BCUT2D eigenvalue weighted by Crippen LogP contribution is 2.06. The topological polar surface area (TPSA) is 38.3 Å². The van der Waals surface area contributed by atoms with Crippen molar-refractivity contribution in [3.63, 3.8) is 0 Å². The van der Waals surface area contributed by atoms with Crippen LogP contribution in [0.1, 0.15) is 40.0 Å². The SMILES string of the molecule is CC[C@@H](C)[C@@H](C)NCCCC(=O)OC. The molecule has 0 aliphatic rings. The van der Waals surface area contributed by atoms with Gasteiger partial charge in [0.1, 0.15) is 0 Å². The first-order chi connectivity index (χ1) is 6.61. The second-order valence-corrected chi connectivity index (χ2v) is 3.81. The van der Waals surface area contributed by atoms with E-state index in [0.717, 1.165) is 13.0 Å². The number of nitrogens with one attached hydrogen (secondary N) is 1. The summed E-state index contributed by atoms with van der Waals surface area (Å²) in [5.74, 6) is 0.566. The zero-order chi connectivity index (χ0) is 11.0. The highest BCUT2D eigenvalue weighted by Gasteiger charge is 2.08. The first-order valence-electron chi connectivity index (χ1n) is 5.42. The molecule has 0 amide bonds. The molecule has 0 rings (SSSR count). The summed E-state index contributed by atoms with van der Waals surface area (Å²) in [5, 5.41) is 3.40. The average Bonchev–Trinajstić information content (AvgIpc) is 2.22. The summed E-state index contributed by atoms with van der Waals surface area (Å²) >= 11 is 0. The predicted molar refractivity (Wildman–Crippen MR) is 58.2 cm³/mol. The minimum absolute atomic E-state index is 0.122. The Kier molecular flexibility index (Phi) is 7.48. The maximum Gasteiger partial charge on any atom is 0.305 e. The molecule has 0 aromatic heterocycles. The van der Waals surface area contributed by atoms with Gasteiger partial charge in [0.2, 0.25) is 0 Å². The van der Waals surface area contributed by atoms with Crippen LogP contribution in [0.3, 0.4) is 0 Å². The molecule has 3 heteroatoms. The normalized spacial score (nSPS) is 14.9. The maximum atomic E-state index is 10.8. The number of hydrogen-bond acceptors (Lipinski definition) is 3. The Morgan fingerprint density at radius 1 is 1.43 bits per heavy atom. The van der Waals surface area contributed by atoms with Gasteiger partial charge in [-0.05, 0) is 25.8 Å². The van der Waals surface area contributed by atoms with Crippen LogP contribution in [0, 0.1) is 5.92 Å². The van der Waals surface area contributed by atoms with Crippen LogP contribution < -0.4 is 5.32 Å². The zero-order valence-electron chi connectivity index (χ0n) is 9.80. The third-order valence-electron chi connectivity index (χ3n) is 2.75. The lowest BCUT2D eigenvalue weighted by Gasteiger charge is -2.19. The van der Waals surface area contributed by atoms with E-state index >= 15 is 0 Å². The molecule has 0 heterocycles. The van der Waals surface area contributed by atoms with Crippen LogP contribution in [-0.2, 0) is 9.53 Å². The van der Waals surface area contributed by atoms with E-state index in [2.05, 4.69) is 30.8 Å². The number of ether oxygens (including phenoxy) is 1. The molecule has 0 unspecified atom stereocenters. The van der Waals surface area contributed by atoms with Crippen molar-refractivity contribution in [1.29, 1.82) is 0 Å². The van der Waals surface area contributed by atoms with Gasteiger partial charge in [0.15, 0.2) is 0 Å². The van der Waals surface area contributed by atoms with E-state index in [1.807, 2.05) is 0 Å². The van der Waals surface area contributed by atoms with E-state index in [1.54, 1.807) is 0 Å². The maximum absolute atomic E-state index is 10.8. The largest absolute Gasteiger partial charge is 0.469 e. The molecular formula is C11H23NO2. The van der Waals surface area contributed by atoms with Gasteiger partial charge < -0.3 is 10.1 Å². The molecular weight excluding hydrogens is 178 g/mol. The minimum atomic E-state index is -0.122. The van der Waals surface area contributed by atoms with Crippen molar-refractivity contribution < 1.29 is 9.53 Å². The number of carbonyl (C=O) groups excluding carboxylic acids is 1. The predicted octanol–water partition coefficient (Wildman–Crippen LogP) is 1.96. The van der Waals surface area contributed by atoms with Gasteiger partial charge in [0, 0.05) is 12.5 Å². The van der Waals surface area contributed by atoms with Crippen molar-refractivity contribution >= 4 is 5.97 Å². The van der Waals surface area contributed by atoms with E-state index in [9.17, 15) is 4.79 Å². The number of methoxy groups -OCH3 is 1. The molecule has 0 fully saturated rings. The minimum Gasteiger partial charge on any atom is -0.469 e. The van der Waals surface area contributed by atoms with Gasteiger partial charge in [-0.25, -0.2) is 0 Å². The Morgan fingerprint density at radius 3 is 2.57 bits per heavy atom. The lowest BCUT2D eigenvalue weighted by molar-refractivity contribution is -0.140. The Hall–Kier alpha value is -0.570. The molecule has 0 aliphatic heterocycles. The second-order valence-electron chi connectivity index (χ2n) is 3.81. The highest BCUT2D eigenvalue weighted by atomic mass is 16.5. The smallest absolute Gasteiger partial charge is 0.305 e. The van der Waals surface area contributed by atoms with Crippen molar-refractivity contribution in [1.82, 2.24) is 5.32 Å². The van der Waals surface area contributed by atoms with Crippen LogP contribution >= 0.6 is 0 Å². The molecule has 84 valence electrons. The van der Waals surface area contributed by atoms with E-state index in [-0.39, 0.29) is 5.97 Å². The zero-order valence-corrected chi connectivity index (χ0v) is 9.80. The van der Waals surface area contributed by atoms with Gasteiger partial charge >= 0.3 is 5.97 Å². The van der Waals surface area contributed by atoms with Gasteiger partial charge in [-0.2, -0.15) is 0 Å². The Labute approximate surface area is 87.2 Å². The number of carbonyl (C=O) groups is 1. The Bertz CT molecular complexity index is 159. The fourth-order valence-electron chi connectivity index (χ4n) is 1.22. The van der Waals surface area contributed by atoms with Crippen LogP contribution in [0.15, 0.2) is 0 Å². The number of rotatable bonds is 7. The van der Waals surface area contributed by atoms with Gasteiger partial charge in [-0.1, -0.05) is 20.3 Å². The van der Waals surface area contributed by atoms with Crippen LogP contribution in [-0.4, -0.2) is 25.7 Å². The molecule has 1 N–H and O–H groups in total. The van der Waals surface area contributed by atoms with E-state index < -0.39 is 0 Å². The molecule has 0 saturated heterocycles. The van der Waals surface area contributed by atoms with Gasteiger partial charge in [0.05, 0.1) is 7.11 Å². The lowest BCUT2D eigenvalue weighted by Crippen LogP contribution is -2.32. The molecule has 0 aliphatic carbocycles. The molecule has 0 aromatic rings. The molecule has 0 spiro atoms. The van der Waals surface area contributed by atoms with Gasteiger partial charge in [-0.3, -0.25) is 4.79 Å². The van der Waals surface area contributed by atoms with Crippen LogP contribution in [0.5, 0.6) is 0 Å². The van der Waals surface area contributed by atoms with E-state index in [0.29, 0.717) is 18.4 Å². The molecule has 2 atom stereocenters. The molecule has 0 saturated carbocycles. The number of hydrogen-bond donors (Lipinski definition) is 1. The first-order valence-corrected chi connectivity index (χ1v) is 5.42. The second kappa shape index (κ2) is 7.80. The molecule has 0 bridgehead atoms. The van der Waals surface area contributed by atoms with Gasteiger partial charge in [0.25, 0.3) is 0 Å². The van der Waals surface area contributed by atoms with Crippen molar-refractivity contribution in [3.8, 4) is 0 Å². The van der Waals surface area contributed by atoms with Crippen molar-refractivity contribution in [3.05, 3.63) is 0 Å². The van der Waals surface area contributed by atoms with Gasteiger partial charge in [-0.15, -0.1) is 0 Å². The molecule has 0 radical (unpaired) electrons. The molecule has 14 heavy (non-hydrogen) atoms. The summed E-state index contributed by atoms with van der Waals surface area (Å²) in [5.41, 5.74) is 0. The average molecular weight is 201 g/mol. The fourth-order valence-corrected chi connectivity index (χ4v) is 1.22. The Morgan fingerprint density at radius 2 is 2.07 bits per heavy atom. The third kappa shape index (κ3) is 5.97. The fraction of sp³-hybridized carbons (Fsp3) is 0.909. The van der Waals surface area contributed by atoms with E-state index in [1.165, 1.54) is 13.5 Å². The summed E-state index contributed by atoms with van der Waals surface area (Å²) in [6.07, 6.45) is 2.55. The highest BCUT2D eigenvalue weighted by molar-refractivity contribution is 5.69. The quantitative estimate of drug-likeness (QED) is 0.505.